The molecule has 0 saturated heterocycles. The summed E-state index contributed by atoms with van der Waals surface area (Å²) in [4.78, 5) is 11.9. The van der Waals surface area contributed by atoms with E-state index in [1.54, 1.807) is 14.2 Å². The molecule has 112 valence electrons. The molecule has 0 aliphatic heterocycles. The fraction of sp³-hybridized carbons (Fsp3) is 0.562. The van der Waals surface area contributed by atoms with Crippen molar-refractivity contribution >= 4 is 5.91 Å². The van der Waals surface area contributed by atoms with E-state index >= 15 is 0 Å². The lowest BCUT2D eigenvalue weighted by molar-refractivity contribution is -0.120. The molecule has 4 heteroatoms. The van der Waals surface area contributed by atoms with Gasteiger partial charge in [-0.25, -0.2) is 0 Å². The SMILES string of the molecule is COc1cc(C)c(CC(=O)NCCC(C)C)cc1OC. The smallest absolute Gasteiger partial charge is 0.224 e. The summed E-state index contributed by atoms with van der Waals surface area (Å²) in [7, 11) is 3.20. The second kappa shape index (κ2) is 7.78. The number of benzene rings is 1. The highest BCUT2D eigenvalue weighted by atomic mass is 16.5. The van der Waals surface area contributed by atoms with Gasteiger partial charge in [0.2, 0.25) is 5.91 Å². The Morgan fingerprint density at radius 1 is 1.20 bits per heavy atom. The molecule has 0 aliphatic rings. The molecule has 1 aromatic carbocycles. The van der Waals surface area contributed by atoms with Crippen LogP contribution < -0.4 is 14.8 Å². The predicted molar refractivity (Wildman–Crippen MR) is 80.5 cm³/mol. The second-order valence-corrected chi connectivity index (χ2v) is 5.34. The maximum atomic E-state index is 11.9. The highest BCUT2D eigenvalue weighted by Gasteiger charge is 2.11. The molecular weight excluding hydrogens is 254 g/mol. The minimum Gasteiger partial charge on any atom is -0.493 e. The van der Waals surface area contributed by atoms with Gasteiger partial charge in [0.1, 0.15) is 0 Å². The van der Waals surface area contributed by atoms with Gasteiger partial charge in [-0.2, -0.15) is 0 Å². The number of amides is 1. The van der Waals surface area contributed by atoms with Gasteiger partial charge in [-0.3, -0.25) is 4.79 Å². The summed E-state index contributed by atoms with van der Waals surface area (Å²) in [5.41, 5.74) is 1.99. The van der Waals surface area contributed by atoms with Crippen LogP contribution in [0.3, 0.4) is 0 Å². The van der Waals surface area contributed by atoms with E-state index in [1.807, 2.05) is 19.1 Å². The van der Waals surface area contributed by atoms with Gasteiger partial charge >= 0.3 is 0 Å². The summed E-state index contributed by atoms with van der Waals surface area (Å²) < 4.78 is 10.5. The van der Waals surface area contributed by atoms with Crippen LogP contribution in [-0.4, -0.2) is 26.7 Å². The van der Waals surface area contributed by atoms with Crippen LogP contribution in [-0.2, 0) is 11.2 Å². The van der Waals surface area contributed by atoms with Crippen molar-refractivity contribution in [2.24, 2.45) is 5.92 Å². The molecule has 0 saturated carbocycles. The zero-order chi connectivity index (χ0) is 15.1. The molecule has 0 aromatic heterocycles. The first-order valence-corrected chi connectivity index (χ1v) is 6.96. The van der Waals surface area contributed by atoms with Crippen molar-refractivity contribution in [2.75, 3.05) is 20.8 Å². The molecule has 0 spiro atoms. The number of nitrogens with one attached hydrogen (secondary N) is 1. The van der Waals surface area contributed by atoms with E-state index in [2.05, 4.69) is 19.2 Å². The van der Waals surface area contributed by atoms with Crippen molar-refractivity contribution in [1.82, 2.24) is 5.32 Å². The summed E-state index contributed by atoms with van der Waals surface area (Å²) in [6, 6.07) is 3.77. The summed E-state index contributed by atoms with van der Waals surface area (Å²) in [5, 5.41) is 2.94. The minimum absolute atomic E-state index is 0.0426. The van der Waals surface area contributed by atoms with Crippen molar-refractivity contribution in [2.45, 2.75) is 33.6 Å². The fourth-order valence-electron chi connectivity index (χ4n) is 1.95. The number of aryl methyl sites for hydroxylation is 1. The summed E-state index contributed by atoms with van der Waals surface area (Å²) in [6.07, 6.45) is 1.36. The lowest BCUT2D eigenvalue weighted by Crippen LogP contribution is -2.27. The van der Waals surface area contributed by atoms with Crippen LogP contribution >= 0.6 is 0 Å². The fourth-order valence-corrected chi connectivity index (χ4v) is 1.95. The van der Waals surface area contributed by atoms with Gasteiger partial charge in [0.15, 0.2) is 11.5 Å². The zero-order valence-electron chi connectivity index (χ0n) is 13.1. The molecule has 20 heavy (non-hydrogen) atoms. The van der Waals surface area contributed by atoms with Gasteiger partial charge in [-0.05, 0) is 42.5 Å². The Bertz CT molecular complexity index is 455. The molecule has 0 atom stereocenters. The largest absolute Gasteiger partial charge is 0.493 e. The van der Waals surface area contributed by atoms with Crippen LogP contribution in [0.2, 0.25) is 0 Å². The maximum Gasteiger partial charge on any atom is 0.224 e. The number of hydrogen-bond donors (Lipinski definition) is 1. The van der Waals surface area contributed by atoms with E-state index in [0.29, 0.717) is 23.8 Å². The molecule has 0 aliphatic carbocycles. The lowest BCUT2D eigenvalue weighted by Gasteiger charge is -2.13. The van der Waals surface area contributed by atoms with Crippen LogP contribution in [0, 0.1) is 12.8 Å². The summed E-state index contributed by atoms with van der Waals surface area (Å²) >= 11 is 0. The zero-order valence-corrected chi connectivity index (χ0v) is 13.1. The van der Waals surface area contributed by atoms with Crippen molar-refractivity contribution in [3.05, 3.63) is 23.3 Å². The number of ether oxygens (including phenoxy) is 2. The van der Waals surface area contributed by atoms with E-state index in [-0.39, 0.29) is 5.91 Å². The number of rotatable bonds is 7. The monoisotopic (exact) mass is 279 g/mol. The lowest BCUT2D eigenvalue weighted by atomic mass is 10.0. The Hall–Kier alpha value is -1.71. The number of methoxy groups -OCH3 is 2. The van der Waals surface area contributed by atoms with Crippen LogP contribution in [0.1, 0.15) is 31.4 Å². The van der Waals surface area contributed by atoms with E-state index in [0.717, 1.165) is 24.1 Å². The highest BCUT2D eigenvalue weighted by Crippen LogP contribution is 2.30. The molecule has 0 unspecified atom stereocenters. The van der Waals surface area contributed by atoms with Crippen LogP contribution in [0.25, 0.3) is 0 Å². The van der Waals surface area contributed by atoms with Gasteiger partial charge < -0.3 is 14.8 Å². The van der Waals surface area contributed by atoms with Crippen molar-refractivity contribution in [3.63, 3.8) is 0 Å². The Balaban J connectivity index is 2.69. The average molecular weight is 279 g/mol. The first-order valence-electron chi connectivity index (χ1n) is 6.96. The molecule has 1 amide bonds. The van der Waals surface area contributed by atoms with Gasteiger partial charge in [0, 0.05) is 6.54 Å². The van der Waals surface area contributed by atoms with Gasteiger partial charge in [-0.1, -0.05) is 13.8 Å². The quantitative estimate of drug-likeness (QED) is 0.835. The Morgan fingerprint density at radius 2 is 1.80 bits per heavy atom. The Morgan fingerprint density at radius 3 is 2.35 bits per heavy atom. The number of carbonyl (C=O) groups excluding carboxylic acids is 1. The molecule has 4 nitrogen and oxygen atoms in total. The summed E-state index contributed by atoms with van der Waals surface area (Å²) in [5.74, 6) is 1.98. The molecule has 1 aromatic rings. The average Bonchev–Trinajstić information content (AvgIpc) is 2.40. The van der Waals surface area contributed by atoms with Crippen molar-refractivity contribution < 1.29 is 14.3 Å². The van der Waals surface area contributed by atoms with Gasteiger partial charge in [0.25, 0.3) is 0 Å². The van der Waals surface area contributed by atoms with Gasteiger partial charge in [0.05, 0.1) is 20.6 Å². The molecular formula is C16H25NO3. The first-order chi connectivity index (χ1) is 9.47. The Labute approximate surface area is 121 Å². The van der Waals surface area contributed by atoms with Crippen LogP contribution in [0.4, 0.5) is 0 Å². The standard InChI is InChI=1S/C16H25NO3/c1-11(2)6-7-17-16(18)10-13-9-15(20-5)14(19-4)8-12(13)3/h8-9,11H,6-7,10H2,1-5H3,(H,17,18). The van der Waals surface area contributed by atoms with E-state index < -0.39 is 0 Å². The summed E-state index contributed by atoms with van der Waals surface area (Å²) in [6.45, 7) is 6.98. The third-order valence-corrected chi connectivity index (χ3v) is 3.24. The number of hydrogen-bond acceptors (Lipinski definition) is 3. The molecule has 1 rings (SSSR count). The van der Waals surface area contributed by atoms with Crippen molar-refractivity contribution in [1.29, 1.82) is 0 Å². The second-order valence-electron chi connectivity index (χ2n) is 5.34. The van der Waals surface area contributed by atoms with Crippen molar-refractivity contribution in [3.8, 4) is 11.5 Å². The highest BCUT2D eigenvalue weighted by molar-refractivity contribution is 5.79. The molecule has 0 fully saturated rings. The normalized spacial score (nSPS) is 10.5. The third kappa shape index (κ3) is 4.76. The number of carbonyl (C=O) groups is 1. The van der Waals surface area contributed by atoms with Crippen LogP contribution in [0.5, 0.6) is 11.5 Å². The molecule has 0 bridgehead atoms. The predicted octanol–water partition coefficient (Wildman–Crippen LogP) is 2.72. The molecule has 1 N–H and O–H groups in total. The van der Waals surface area contributed by atoms with E-state index in [1.165, 1.54) is 0 Å². The Kier molecular flexibility index (Phi) is 6.36. The first kappa shape index (κ1) is 16.3. The van der Waals surface area contributed by atoms with Crippen LogP contribution in [0.15, 0.2) is 12.1 Å². The van der Waals surface area contributed by atoms with E-state index in [9.17, 15) is 4.79 Å². The topological polar surface area (TPSA) is 47.6 Å². The molecule has 0 radical (unpaired) electrons. The molecule has 0 heterocycles. The maximum absolute atomic E-state index is 11.9. The van der Waals surface area contributed by atoms with E-state index in [4.69, 9.17) is 9.47 Å². The third-order valence-electron chi connectivity index (χ3n) is 3.24. The minimum atomic E-state index is 0.0426. The van der Waals surface area contributed by atoms with Gasteiger partial charge in [-0.15, -0.1) is 0 Å².